The molecule has 1 aromatic rings. The topological polar surface area (TPSA) is 75.6 Å². The van der Waals surface area contributed by atoms with Crippen molar-refractivity contribution in [1.82, 2.24) is 5.32 Å². The van der Waals surface area contributed by atoms with Crippen LogP contribution in [0, 0.1) is 0 Å². The molecule has 5 heteroatoms. The number of carboxylic acid groups (broad SMARTS) is 1. The molecule has 2 atom stereocenters. The van der Waals surface area contributed by atoms with Crippen molar-refractivity contribution in [1.29, 1.82) is 0 Å². The van der Waals surface area contributed by atoms with E-state index < -0.39 is 18.1 Å². The first-order valence-corrected chi connectivity index (χ1v) is 5.89. The van der Waals surface area contributed by atoms with E-state index in [1.54, 1.807) is 13.0 Å². The molecule has 0 bridgehead atoms. The van der Waals surface area contributed by atoms with Crippen LogP contribution in [0.5, 0.6) is 5.75 Å². The van der Waals surface area contributed by atoms with E-state index in [1.807, 2.05) is 18.2 Å². The third-order valence-corrected chi connectivity index (χ3v) is 2.96. The Balaban J connectivity index is 1.99. The third kappa shape index (κ3) is 2.45. The summed E-state index contributed by atoms with van der Waals surface area (Å²) < 4.78 is 5.49. The summed E-state index contributed by atoms with van der Waals surface area (Å²) in [5.74, 6) is -0.706. The predicted octanol–water partition coefficient (Wildman–Crippen LogP) is 0.969. The second-order valence-electron chi connectivity index (χ2n) is 4.23. The molecule has 96 valence electrons. The standard InChI is InChI=1S/C13H15NO4/c1-2-9(13(16)17)14-12(15)11-7-8-5-3-4-6-10(8)18-11/h3-6,9,11H,2,7H2,1H3,(H,14,15)(H,16,17)/t9-,11?/m0/s1. The Morgan fingerprint density at radius 3 is 2.83 bits per heavy atom. The first-order chi connectivity index (χ1) is 8.61. The van der Waals surface area contributed by atoms with Crippen LogP contribution >= 0.6 is 0 Å². The van der Waals surface area contributed by atoms with Crippen molar-refractivity contribution in [2.75, 3.05) is 0 Å². The van der Waals surface area contributed by atoms with Gasteiger partial charge in [0, 0.05) is 6.42 Å². The highest BCUT2D eigenvalue weighted by atomic mass is 16.5. The molecule has 0 aliphatic carbocycles. The van der Waals surface area contributed by atoms with Crippen molar-refractivity contribution in [3.05, 3.63) is 29.8 Å². The SMILES string of the molecule is CC[C@H](NC(=O)C1Cc2ccccc2O1)C(=O)O. The molecule has 1 aliphatic heterocycles. The lowest BCUT2D eigenvalue weighted by Crippen LogP contribution is -2.46. The Hall–Kier alpha value is -2.04. The number of para-hydroxylation sites is 1. The zero-order valence-corrected chi connectivity index (χ0v) is 10.1. The summed E-state index contributed by atoms with van der Waals surface area (Å²) in [4.78, 5) is 22.7. The maximum atomic E-state index is 11.9. The van der Waals surface area contributed by atoms with E-state index >= 15 is 0 Å². The molecule has 0 radical (unpaired) electrons. The zero-order valence-electron chi connectivity index (χ0n) is 10.1. The molecular formula is C13H15NO4. The quantitative estimate of drug-likeness (QED) is 0.833. The fourth-order valence-electron chi connectivity index (χ4n) is 1.93. The number of carbonyl (C=O) groups excluding carboxylic acids is 1. The molecule has 1 heterocycles. The molecule has 2 N–H and O–H groups in total. The van der Waals surface area contributed by atoms with Crippen LogP contribution in [-0.2, 0) is 16.0 Å². The summed E-state index contributed by atoms with van der Waals surface area (Å²) in [6.07, 6.45) is 0.203. The van der Waals surface area contributed by atoms with Crippen molar-refractivity contribution in [2.24, 2.45) is 0 Å². The Kier molecular flexibility index (Phi) is 3.50. The average Bonchev–Trinajstić information content (AvgIpc) is 2.79. The van der Waals surface area contributed by atoms with Gasteiger partial charge in [0.1, 0.15) is 11.8 Å². The molecule has 0 aromatic heterocycles. The van der Waals surface area contributed by atoms with Crippen molar-refractivity contribution < 1.29 is 19.4 Å². The summed E-state index contributed by atoms with van der Waals surface area (Å²) >= 11 is 0. The number of hydrogen-bond acceptors (Lipinski definition) is 3. The minimum atomic E-state index is -1.03. The summed E-state index contributed by atoms with van der Waals surface area (Å²) in [6, 6.07) is 6.57. The van der Waals surface area contributed by atoms with E-state index in [9.17, 15) is 9.59 Å². The summed E-state index contributed by atoms with van der Waals surface area (Å²) in [6.45, 7) is 1.71. The van der Waals surface area contributed by atoms with Gasteiger partial charge in [-0.1, -0.05) is 25.1 Å². The van der Waals surface area contributed by atoms with Gasteiger partial charge in [-0.15, -0.1) is 0 Å². The van der Waals surface area contributed by atoms with Crippen LogP contribution in [0.2, 0.25) is 0 Å². The van der Waals surface area contributed by atoms with E-state index in [1.165, 1.54) is 0 Å². The van der Waals surface area contributed by atoms with Crippen molar-refractivity contribution >= 4 is 11.9 Å². The van der Waals surface area contributed by atoms with Gasteiger partial charge in [0.25, 0.3) is 5.91 Å². The van der Waals surface area contributed by atoms with Gasteiger partial charge in [0.05, 0.1) is 0 Å². The van der Waals surface area contributed by atoms with E-state index in [2.05, 4.69) is 5.32 Å². The molecule has 1 unspecified atom stereocenters. The lowest BCUT2D eigenvalue weighted by atomic mass is 10.1. The van der Waals surface area contributed by atoms with Gasteiger partial charge in [-0.2, -0.15) is 0 Å². The van der Waals surface area contributed by atoms with Crippen LogP contribution < -0.4 is 10.1 Å². The molecular weight excluding hydrogens is 234 g/mol. The summed E-state index contributed by atoms with van der Waals surface area (Å²) in [5.41, 5.74) is 0.973. The molecule has 1 amide bonds. The first-order valence-electron chi connectivity index (χ1n) is 5.89. The maximum Gasteiger partial charge on any atom is 0.326 e. The molecule has 0 saturated heterocycles. The molecule has 0 fully saturated rings. The first kappa shape index (κ1) is 12.4. The molecule has 0 spiro atoms. The van der Waals surface area contributed by atoms with E-state index in [4.69, 9.17) is 9.84 Å². The monoisotopic (exact) mass is 249 g/mol. The van der Waals surface area contributed by atoms with Crippen LogP contribution in [0.3, 0.4) is 0 Å². The predicted molar refractivity (Wildman–Crippen MR) is 64.4 cm³/mol. The number of aliphatic carboxylic acids is 1. The molecule has 0 saturated carbocycles. The van der Waals surface area contributed by atoms with Gasteiger partial charge >= 0.3 is 5.97 Å². The van der Waals surface area contributed by atoms with Gasteiger partial charge in [0.15, 0.2) is 6.10 Å². The molecule has 5 nitrogen and oxygen atoms in total. The van der Waals surface area contributed by atoms with E-state index in [-0.39, 0.29) is 5.91 Å². The minimum Gasteiger partial charge on any atom is -0.480 e. The molecule has 1 aliphatic rings. The van der Waals surface area contributed by atoms with Crippen molar-refractivity contribution in [3.8, 4) is 5.75 Å². The van der Waals surface area contributed by atoms with Crippen LogP contribution in [0.15, 0.2) is 24.3 Å². The Morgan fingerprint density at radius 1 is 1.50 bits per heavy atom. The number of nitrogens with one attached hydrogen (secondary N) is 1. The number of ether oxygens (including phenoxy) is 1. The van der Waals surface area contributed by atoms with Gasteiger partial charge < -0.3 is 15.2 Å². The highest BCUT2D eigenvalue weighted by Gasteiger charge is 2.31. The Morgan fingerprint density at radius 2 is 2.22 bits per heavy atom. The number of rotatable bonds is 4. The fourth-order valence-corrected chi connectivity index (χ4v) is 1.93. The number of hydrogen-bond donors (Lipinski definition) is 2. The molecule has 2 rings (SSSR count). The maximum absolute atomic E-state index is 11.9. The van der Waals surface area contributed by atoms with Crippen molar-refractivity contribution in [2.45, 2.75) is 31.9 Å². The lowest BCUT2D eigenvalue weighted by molar-refractivity contribution is -0.143. The van der Waals surface area contributed by atoms with E-state index in [0.717, 1.165) is 5.56 Å². The van der Waals surface area contributed by atoms with Gasteiger partial charge in [0.2, 0.25) is 0 Å². The van der Waals surface area contributed by atoms with Gasteiger partial charge in [-0.3, -0.25) is 4.79 Å². The zero-order chi connectivity index (χ0) is 13.1. The molecule has 18 heavy (non-hydrogen) atoms. The second-order valence-corrected chi connectivity index (χ2v) is 4.23. The van der Waals surface area contributed by atoms with Gasteiger partial charge in [-0.25, -0.2) is 4.79 Å². The largest absolute Gasteiger partial charge is 0.480 e. The number of fused-ring (bicyclic) bond motifs is 1. The van der Waals surface area contributed by atoms with Crippen LogP contribution in [0.4, 0.5) is 0 Å². The average molecular weight is 249 g/mol. The highest BCUT2D eigenvalue weighted by molar-refractivity contribution is 5.87. The van der Waals surface area contributed by atoms with Gasteiger partial charge in [-0.05, 0) is 18.1 Å². The van der Waals surface area contributed by atoms with E-state index in [0.29, 0.717) is 18.6 Å². The lowest BCUT2D eigenvalue weighted by Gasteiger charge is -2.15. The number of carboxylic acids is 1. The van der Waals surface area contributed by atoms with Crippen LogP contribution in [0.1, 0.15) is 18.9 Å². The second kappa shape index (κ2) is 5.08. The third-order valence-electron chi connectivity index (χ3n) is 2.96. The normalized spacial score (nSPS) is 18.6. The Labute approximate surface area is 105 Å². The van der Waals surface area contributed by atoms with Crippen LogP contribution in [0.25, 0.3) is 0 Å². The van der Waals surface area contributed by atoms with Crippen LogP contribution in [-0.4, -0.2) is 29.1 Å². The smallest absolute Gasteiger partial charge is 0.326 e. The number of amides is 1. The summed E-state index contributed by atoms with van der Waals surface area (Å²) in [7, 11) is 0. The highest BCUT2D eigenvalue weighted by Crippen LogP contribution is 2.28. The molecule has 1 aromatic carbocycles. The van der Waals surface area contributed by atoms with Crippen molar-refractivity contribution in [3.63, 3.8) is 0 Å². The minimum absolute atomic E-state index is 0.348. The summed E-state index contributed by atoms with van der Waals surface area (Å²) in [5, 5.41) is 11.4. The number of carbonyl (C=O) groups is 2. The fraction of sp³-hybridized carbons (Fsp3) is 0.385. The Bertz CT molecular complexity index is 447. The number of benzene rings is 1.